The average Bonchev–Trinajstić information content (AvgIpc) is 2.66. The molecule has 1 aromatic carbocycles. The van der Waals surface area contributed by atoms with Gasteiger partial charge in [-0.25, -0.2) is 0 Å². The van der Waals surface area contributed by atoms with Gasteiger partial charge in [0.05, 0.1) is 13.7 Å². The highest BCUT2D eigenvalue weighted by atomic mass is 32.1. The van der Waals surface area contributed by atoms with Crippen LogP contribution in [0.1, 0.15) is 56.3 Å². The van der Waals surface area contributed by atoms with E-state index in [1.165, 1.54) is 19.3 Å². The van der Waals surface area contributed by atoms with Crippen molar-refractivity contribution in [2.75, 3.05) is 13.7 Å². The van der Waals surface area contributed by atoms with Gasteiger partial charge in [0.15, 0.2) is 16.6 Å². The van der Waals surface area contributed by atoms with Crippen LogP contribution < -0.4 is 25.6 Å². The smallest absolute Gasteiger partial charge is 0.269 e. The number of rotatable bonds is 6. The van der Waals surface area contributed by atoms with Gasteiger partial charge in [0.1, 0.15) is 0 Å². The van der Waals surface area contributed by atoms with Crippen molar-refractivity contribution in [1.82, 2.24) is 16.2 Å². The van der Waals surface area contributed by atoms with Gasteiger partial charge in [0.25, 0.3) is 5.91 Å². The molecule has 3 N–H and O–H groups in total. The summed E-state index contributed by atoms with van der Waals surface area (Å²) in [6, 6.07) is 5.45. The number of hydrazine groups is 1. The van der Waals surface area contributed by atoms with Crippen molar-refractivity contribution in [2.24, 2.45) is 5.92 Å². The summed E-state index contributed by atoms with van der Waals surface area (Å²) in [5.74, 6) is 1.45. The second-order valence-corrected chi connectivity index (χ2v) is 7.04. The van der Waals surface area contributed by atoms with E-state index in [4.69, 9.17) is 21.7 Å². The molecule has 26 heavy (non-hydrogen) atoms. The molecule has 0 radical (unpaired) electrons. The predicted molar refractivity (Wildman–Crippen MR) is 107 cm³/mol. The largest absolute Gasteiger partial charge is 0.493 e. The number of nitrogens with one attached hydrogen (secondary N) is 3. The molecule has 0 bridgehead atoms. The summed E-state index contributed by atoms with van der Waals surface area (Å²) in [6.07, 6.45) is 5.70. The van der Waals surface area contributed by atoms with E-state index in [-0.39, 0.29) is 5.91 Å². The quantitative estimate of drug-likeness (QED) is 0.521. The zero-order valence-electron chi connectivity index (χ0n) is 15.8. The van der Waals surface area contributed by atoms with Gasteiger partial charge in [-0.05, 0) is 55.6 Å². The zero-order valence-corrected chi connectivity index (χ0v) is 16.6. The number of methoxy groups -OCH3 is 1. The second-order valence-electron chi connectivity index (χ2n) is 6.63. The van der Waals surface area contributed by atoms with E-state index in [0.717, 1.165) is 12.8 Å². The van der Waals surface area contributed by atoms with Gasteiger partial charge in [-0.15, -0.1) is 0 Å². The van der Waals surface area contributed by atoms with E-state index in [2.05, 4.69) is 23.1 Å². The van der Waals surface area contributed by atoms with Crippen LogP contribution in [0.3, 0.4) is 0 Å². The third kappa shape index (κ3) is 5.76. The molecule has 0 aromatic heterocycles. The van der Waals surface area contributed by atoms with E-state index in [1.807, 2.05) is 6.92 Å². The SMILES string of the molecule is CCCOc1ccc(C(=O)NNC(=S)N[C@H]2CCCC[C@H]2C)cc1OC. The molecule has 1 aliphatic carbocycles. The van der Waals surface area contributed by atoms with Gasteiger partial charge in [0, 0.05) is 11.6 Å². The third-order valence-electron chi connectivity index (χ3n) is 4.61. The van der Waals surface area contributed by atoms with Crippen LogP contribution in [0, 0.1) is 5.92 Å². The minimum absolute atomic E-state index is 0.286. The van der Waals surface area contributed by atoms with Crippen molar-refractivity contribution >= 4 is 23.2 Å². The Balaban J connectivity index is 1.87. The maximum Gasteiger partial charge on any atom is 0.269 e. The van der Waals surface area contributed by atoms with Crippen molar-refractivity contribution in [3.05, 3.63) is 23.8 Å². The molecule has 2 rings (SSSR count). The lowest BCUT2D eigenvalue weighted by Gasteiger charge is -2.30. The van der Waals surface area contributed by atoms with Crippen LogP contribution in [0.5, 0.6) is 11.5 Å². The van der Waals surface area contributed by atoms with Gasteiger partial charge >= 0.3 is 0 Å². The number of amides is 1. The van der Waals surface area contributed by atoms with Crippen molar-refractivity contribution in [3.63, 3.8) is 0 Å². The summed E-state index contributed by atoms with van der Waals surface area (Å²) >= 11 is 5.29. The number of hydrogen-bond donors (Lipinski definition) is 3. The molecule has 0 spiro atoms. The van der Waals surface area contributed by atoms with Crippen LogP contribution in [0.4, 0.5) is 0 Å². The van der Waals surface area contributed by atoms with Crippen LogP contribution >= 0.6 is 12.2 Å². The van der Waals surface area contributed by atoms with Crippen LogP contribution in [-0.2, 0) is 0 Å². The van der Waals surface area contributed by atoms with Crippen LogP contribution in [0.2, 0.25) is 0 Å². The Labute approximate surface area is 161 Å². The maximum absolute atomic E-state index is 12.3. The van der Waals surface area contributed by atoms with E-state index >= 15 is 0 Å². The molecule has 0 saturated heterocycles. The molecule has 1 saturated carbocycles. The molecule has 0 unspecified atom stereocenters. The Morgan fingerprint density at radius 3 is 2.69 bits per heavy atom. The highest BCUT2D eigenvalue weighted by Crippen LogP contribution is 2.28. The first-order valence-corrected chi connectivity index (χ1v) is 9.63. The monoisotopic (exact) mass is 379 g/mol. The molecular weight excluding hydrogens is 350 g/mol. The minimum Gasteiger partial charge on any atom is -0.493 e. The Morgan fingerprint density at radius 1 is 1.23 bits per heavy atom. The predicted octanol–water partition coefficient (Wildman–Crippen LogP) is 3.17. The van der Waals surface area contributed by atoms with Crippen LogP contribution in [-0.4, -0.2) is 30.8 Å². The summed E-state index contributed by atoms with van der Waals surface area (Å²) in [5.41, 5.74) is 5.88. The minimum atomic E-state index is -0.286. The van der Waals surface area contributed by atoms with Gasteiger partial charge in [-0.2, -0.15) is 0 Å². The Hall–Kier alpha value is -2.02. The summed E-state index contributed by atoms with van der Waals surface area (Å²) in [4.78, 5) is 12.3. The van der Waals surface area contributed by atoms with Crippen molar-refractivity contribution < 1.29 is 14.3 Å². The summed E-state index contributed by atoms with van der Waals surface area (Å²) in [7, 11) is 1.55. The first-order valence-electron chi connectivity index (χ1n) is 9.22. The van der Waals surface area contributed by atoms with Crippen LogP contribution in [0.15, 0.2) is 18.2 Å². The van der Waals surface area contributed by atoms with Gasteiger partial charge in [-0.1, -0.05) is 26.7 Å². The molecule has 7 heteroatoms. The Morgan fingerprint density at radius 2 is 2.00 bits per heavy atom. The molecule has 0 heterocycles. The first kappa shape index (κ1) is 20.3. The molecule has 1 aliphatic rings. The van der Waals surface area contributed by atoms with Gasteiger partial charge in [-0.3, -0.25) is 15.6 Å². The average molecular weight is 380 g/mol. The van der Waals surface area contributed by atoms with Crippen LogP contribution in [0.25, 0.3) is 0 Å². The van der Waals surface area contributed by atoms with E-state index in [0.29, 0.717) is 40.7 Å². The molecular formula is C19H29N3O3S. The molecule has 1 fully saturated rings. The molecule has 1 amide bonds. The number of ether oxygens (including phenoxy) is 2. The lowest BCUT2D eigenvalue weighted by Crippen LogP contribution is -2.51. The highest BCUT2D eigenvalue weighted by molar-refractivity contribution is 7.80. The molecule has 144 valence electrons. The number of thiocarbonyl (C=S) groups is 1. The van der Waals surface area contributed by atoms with E-state index in [9.17, 15) is 4.79 Å². The topological polar surface area (TPSA) is 71.6 Å². The fourth-order valence-corrected chi connectivity index (χ4v) is 3.26. The maximum atomic E-state index is 12.3. The Bertz CT molecular complexity index is 624. The number of carbonyl (C=O) groups excluding carboxylic acids is 1. The molecule has 1 aromatic rings. The standard InChI is InChI=1S/C19H29N3O3S/c1-4-11-25-16-10-9-14(12-17(16)24-3)18(23)21-22-19(26)20-15-8-6-5-7-13(15)2/h9-10,12-13,15H,4-8,11H2,1-3H3,(H,21,23)(H2,20,22,26)/t13-,15+/m1/s1. The van der Waals surface area contributed by atoms with E-state index < -0.39 is 0 Å². The number of carbonyl (C=O) groups is 1. The number of benzene rings is 1. The Kier molecular flexibility index (Phi) is 7.97. The fourth-order valence-electron chi connectivity index (χ4n) is 3.06. The summed E-state index contributed by atoms with van der Waals surface area (Å²) < 4.78 is 10.9. The van der Waals surface area contributed by atoms with Crippen molar-refractivity contribution in [2.45, 2.75) is 52.0 Å². The lowest BCUT2D eigenvalue weighted by atomic mass is 9.86. The fraction of sp³-hybridized carbons (Fsp3) is 0.579. The second kappa shape index (κ2) is 10.2. The summed E-state index contributed by atoms with van der Waals surface area (Å²) in [6.45, 7) is 4.86. The third-order valence-corrected chi connectivity index (χ3v) is 4.82. The lowest BCUT2D eigenvalue weighted by molar-refractivity contribution is 0.0943. The van der Waals surface area contributed by atoms with E-state index in [1.54, 1.807) is 25.3 Å². The highest BCUT2D eigenvalue weighted by Gasteiger charge is 2.21. The number of hydrogen-bond acceptors (Lipinski definition) is 4. The summed E-state index contributed by atoms with van der Waals surface area (Å²) in [5, 5.41) is 3.73. The zero-order chi connectivity index (χ0) is 18.9. The van der Waals surface area contributed by atoms with Gasteiger partial charge in [0.2, 0.25) is 0 Å². The molecule has 0 aliphatic heterocycles. The molecule has 2 atom stereocenters. The normalized spacial score (nSPS) is 19.3. The van der Waals surface area contributed by atoms with Gasteiger partial charge < -0.3 is 14.8 Å². The van der Waals surface area contributed by atoms with Crippen molar-refractivity contribution in [1.29, 1.82) is 0 Å². The first-order chi connectivity index (χ1) is 12.5. The van der Waals surface area contributed by atoms with Crippen molar-refractivity contribution in [3.8, 4) is 11.5 Å². The molecule has 6 nitrogen and oxygen atoms in total.